The van der Waals surface area contributed by atoms with Gasteiger partial charge in [-0.1, -0.05) is 50.3 Å². The minimum absolute atomic E-state index is 0.159. The summed E-state index contributed by atoms with van der Waals surface area (Å²) in [7, 11) is 0. The van der Waals surface area contributed by atoms with Crippen LogP contribution in [0.5, 0.6) is 0 Å². The predicted molar refractivity (Wildman–Crippen MR) is 74.4 cm³/mol. The molecule has 0 aliphatic carbocycles. The fraction of sp³-hybridized carbons (Fsp3) is 0.400. The van der Waals surface area contributed by atoms with Crippen LogP contribution in [-0.4, -0.2) is 21.3 Å². The predicted octanol–water partition coefficient (Wildman–Crippen LogP) is 2.74. The highest BCUT2D eigenvalue weighted by molar-refractivity contribution is 5.72. The lowest BCUT2D eigenvalue weighted by Crippen LogP contribution is -2.11. The third-order valence-electron chi connectivity index (χ3n) is 3.28. The third kappa shape index (κ3) is 2.89. The zero-order chi connectivity index (χ0) is 14.0. The largest absolute Gasteiger partial charge is 0.296 e. The zero-order valence-corrected chi connectivity index (χ0v) is 11.8. The molecule has 0 aliphatic heterocycles. The Balaban J connectivity index is 2.20. The number of benzene rings is 1. The molecule has 0 radical (unpaired) electrons. The molecule has 2 rings (SSSR count). The standard InChI is InChI=1S/C15H19N3O/c1-11-14(10-19)16-17-18(11)9-12-5-7-13(8-6-12)15(2,3)4/h5-8,10H,9H2,1-4H3. The van der Waals surface area contributed by atoms with Gasteiger partial charge in [0.05, 0.1) is 12.2 Å². The first kappa shape index (κ1) is 13.5. The molecule has 2 aromatic rings. The van der Waals surface area contributed by atoms with E-state index in [1.54, 1.807) is 4.68 Å². The van der Waals surface area contributed by atoms with Crippen molar-refractivity contribution in [2.45, 2.75) is 39.7 Å². The summed E-state index contributed by atoms with van der Waals surface area (Å²) in [6.07, 6.45) is 0.738. The molecule has 0 atom stereocenters. The number of hydrogen-bond acceptors (Lipinski definition) is 3. The Labute approximate surface area is 113 Å². The molecule has 4 nitrogen and oxygen atoms in total. The normalized spacial score (nSPS) is 11.6. The fourth-order valence-corrected chi connectivity index (χ4v) is 1.92. The van der Waals surface area contributed by atoms with Crippen LogP contribution in [0.15, 0.2) is 24.3 Å². The van der Waals surface area contributed by atoms with E-state index in [0.717, 1.165) is 17.5 Å². The number of aromatic nitrogens is 3. The van der Waals surface area contributed by atoms with Gasteiger partial charge in [-0.25, -0.2) is 4.68 Å². The van der Waals surface area contributed by atoms with E-state index in [0.29, 0.717) is 12.2 Å². The summed E-state index contributed by atoms with van der Waals surface area (Å²) >= 11 is 0. The minimum Gasteiger partial charge on any atom is -0.296 e. The van der Waals surface area contributed by atoms with Crippen molar-refractivity contribution in [3.63, 3.8) is 0 Å². The monoisotopic (exact) mass is 257 g/mol. The average Bonchev–Trinajstić information content (AvgIpc) is 2.70. The summed E-state index contributed by atoms with van der Waals surface area (Å²) in [5, 5.41) is 7.82. The van der Waals surface area contributed by atoms with E-state index < -0.39 is 0 Å². The van der Waals surface area contributed by atoms with Gasteiger partial charge in [-0.05, 0) is 23.5 Å². The van der Waals surface area contributed by atoms with Crippen LogP contribution in [0.3, 0.4) is 0 Å². The maximum atomic E-state index is 10.7. The van der Waals surface area contributed by atoms with E-state index in [4.69, 9.17) is 0 Å². The van der Waals surface area contributed by atoms with Crippen molar-refractivity contribution in [2.24, 2.45) is 0 Å². The zero-order valence-electron chi connectivity index (χ0n) is 11.8. The quantitative estimate of drug-likeness (QED) is 0.794. The molecule has 19 heavy (non-hydrogen) atoms. The van der Waals surface area contributed by atoms with Crippen molar-refractivity contribution in [3.8, 4) is 0 Å². The molecule has 0 aliphatic rings. The number of rotatable bonds is 3. The summed E-state index contributed by atoms with van der Waals surface area (Å²) in [5.74, 6) is 0. The van der Waals surface area contributed by atoms with Crippen LogP contribution in [0.25, 0.3) is 0 Å². The number of carbonyl (C=O) groups excluding carboxylic acids is 1. The van der Waals surface area contributed by atoms with E-state index in [1.807, 2.05) is 6.92 Å². The summed E-state index contributed by atoms with van der Waals surface area (Å²) in [4.78, 5) is 10.7. The van der Waals surface area contributed by atoms with Gasteiger partial charge in [-0.2, -0.15) is 0 Å². The highest BCUT2D eigenvalue weighted by atomic mass is 16.1. The Bertz CT molecular complexity index is 576. The molecule has 1 heterocycles. The summed E-state index contributed by atoms with van der Waals surface area (Å²) in [6, 6.07) is 8.48. The molecular formula is C15H19N3O. The van der Waals surface area contributed by atoms with Gasteiger partial charge in [-0.15, -0.1) is 5.10 Å². The van der Waals surface area contributed by atoms with Crippen molar-refractivity contribution >= 4 is 6.29 Å². The van der Waals surface area contributed by atoms with Crippen molar-refractivity contribution < 1.29 is 4.79 Å². The second-order valence-electron chi connectivity index (χ2n) is 5.78. The number of aldehydes is 1. The Hall–Kier alpha value is -1.97. The van der Waals surface area contributed by atoms with Gasteiger partial charge >= 0.3 is 0 Å². The third-order valence-corrected chi connectivity index (χ3v) is 3.28. The highest BCUT2D eigenvalue weighted by Gasteiger charge is 2.13. The lowest BCUT2D eigenvalue weighted by molar-refractivity contribution is 0.111. The van der Waals surface area contributed by atoms with Crippen LogP contribution in [0.2, 0.25) is 0 Å². The van der Waals surface area contributed by atoms with Crippen molar-refractivity contribution in [2.75, 3.05) is 0 Å². The molecule has 0 bridgehead atoms. The van der Waals surface area contributed by atoms with Crippen LogP contribution in [-0.2, 0) is 12.0 Å². The first-order valence-corrected chi connectivity index (χ1v) is 6.36. The van der Waals surface area contributed by atoms with E-state index >= 15 is 0 Å². The molecule has 0 spiro atoms. The van der Waals surface area contributed by atoms with Crippen LogP contribution in [0.1, 0.15) is 48.1 Å². The maximum Gasteiger partial charge on any atom is 0.172 e. The molecule has 1 aromatic heterocycles. The number of nitrogens with zero attached hydrogens (tertiary/aromatic N) is 3. The summed E-state index contributed by atoms with van der Waals surface area (Å²) in [5.41, 5.74) is 3.83. The van der Waals surface area contributed by atoms with Crippen molar-refractivity contribution in [1.29, 1.82) is 0 Å². The second-order valence-corrected chi connectivity index (χ2v) is 5.78. The minimum atomic E-state index is 0.159. The molecule has 100 valence electrons. The van der Waals surface area contributed by atoms with Crippen molar-refractivity contribution in [3.05, 3.63) is 46.8 Å². The maximum absolute atomic E-state index is 10.7. The average molecular weight is 257 g/mol. The van der Waals surface area contributed by atoms with Gasteiger partial charge in [-0.3, -0.25) is 4.79 Å². The van der Waals surface area contributed by atoms with Gasteiger partial charge in [0.15, 0.2) is 6.29 Å². The fourth-order valence-electron chi connectivity index (χ4n) is 1.92. The van der Waals surface area contributed by atoms with E-state index in [2.05, 4.69) is 55.3 Å². The van der Waals surface area contributed by atoms with Gasteiger partial charge in [0, 0.05) is 0 Å². The topological polar surface area (TPSA) is 47.8 Å². The molecule has 0 fully saturated rings. The Morgan fingerprint density at radius 3 is 2.32 bits per heavy atom. The molecule has 0 saturated carbocycles. The van der Waals surface area contributed by atoms with E-state index in [9.17, 15) is 4.79 Å². The van der Waals surface area contributed by atoms with Crippen LogP contribution >= 0.6 is 0 Å². The van der Waals surface area contributed by atoms with Crippen LogP contribution in [0.4, 0.5) is 0 Å². The Morgan fingerprint density at radius 1 is 1.21 bits per heavy atom. The number of hydrogen-bond donors (Lipinski definition) is 0. The van der Waals surface area contributed by atoms with Gasteiger partial charge < -0.3 is 0 Å². The molecule has 0 amide bonds. The second kappa shape index (κ2) is 4.96. The lowest BCUT2D eigenvalue weighted by Gasteiger charge is -2.19. The lowest BCUT2D eigenvalue weighted by atomic mass is 9.87. The van der Waals surface area contributed by atoms with E-state index in [1.165, 1.54) is 5.56 Å². The number of carbonyl (C=O) groups is 1. The molecular weight excluding hydrogens is 238 g/mol. The molecule has 0 unspecified atom stereocenters. The molecule has 0 saturated heterocycles. The Morgan fingerprint density at radius 2 is 1.84 bits per heavy atom. The Kier molecular flexibility index (Phi) is 3.51. The van der Waals surface area contributed by atoms with Gasteiger partial charge in [0.2, 0.25) is 0 Å². The van der Waals surface area contributed by atoms with E-state index in [-0.39, 0.29) is 5.41 Å². The summed E-state index contributed by atoms with van der Waals surface area (Å²) < 4.78 is 1.75. The van der Waals surface area contributed by atoms with Crippen LogP contribution < -0.4 is 0 Å². The molecule has 1 aromatic carbocycles. The van der Waals surface area contributed by atoms with Crippen LogP contribution in [0, 0.1) is 6.92 Å². The SMILES string of the molecule is Cc1c(C=O)nnn1Cc1ccc(C(C)(C)C)cc1. The first-order valence-electron chi connectivity index (χ1n) is 6.36. The molecule has 4 heteroatoms. The smallest absolute Gasteiger partial charge is 0.172 e. The first-order chi connectivity index (χ1) is 8.91. The summed E-state index contributed by atoms with van der Waals surface area (Å²) in [6.45, 7) is 9.07. The van der Waals surface area contributed by atoms with Crippen molar-refractivity contribution in [1.82, 2.24) is 15.0 Å². The molecule has 0 N–H and O–H groups in total. The highest BCUT2D eigenvalue weighted by Crippen LogP contribution is 2.22. The van der Waals surface area contributed by atoms with Gasteiger partial charge in [0.1, 0.15) is 5.69 Å². The van der Waals surface area contributed by atoms with Gasteiger partial charge in [0.25, 0.3) is 0 Å².